The van der Waals surface area contributed by atoms with E-state index in [1.807, 2.05) is 10.6 Å². The van der Waals surface area contributed by atoms with Crippen molar-refractivity contribution in [1.29, 1.82) is 0 Å². The summed E-state index contributed by atoms with van der Waals surface area (Å²) < 4.78 is 4.62. The van der Waals surface area contributed by atoms with Crippen LogP contribution in [0, 0.1) is 0 Å². The van der Waals surface area contributed by atoms with Crippen molar-refractivity contribution in [2.24, 2.45) is 14.1 Å². The number of hydrogen-bond donors (Lipinski definition) is 0. The Morgan fingerprint density at radius 3 is 2.20 bits per heavy atom. The fourth-order valence-electron chi connectivity index (χ4n) is 4.13. The zero-order valence-electron chi connectivity index (χ0n) is 17.4. The van der Waals surface area contributed by atoms with Gasteiger partial charge in [0.2, 0.25) is 0 Å². The number of nitrogens with zero attached hydrogens (tertiary/aromatic N) is 5. The number of benzene rings is 1. The van der Waals surface area contributed by atoms with E-state index in [9.17, 15) is 9.59 Å². The van der Waals surface area contributed by atoms with E-state index in [1.165, 1.54) is 11.6 Å². The average Bonchev–Trinajstić information content (AvgIpc) is 3.13. The summed E-state index contributed by atoms with van der Waals surface area (Å²) in [5, 5.41) is 1.10. The number of anilines is 1. The molecule has 7 nitrogen and oxygen atoms in total. The number of fused-ring (bicyclic) bond motifs is 1. The minimum absolute atomic E-state index is 0.324. The number of aryl methyl sites for hydroxylation is 1. The summed E-state index contributed by atoms with van der Waals surface area (Å²) in [7, 11) is 3.19. The Morgan fingerprint density at radius 2 is 1.60 bits per heavy atom. The highest BCUT2D eigenvalue weighted by molar-refractivity contribution is 6.36. The van der Waals surface area contributed by atoms with Gasteiger partial charge in [-0.3, -0.25) is 13.9 Å². The van der Waals surface area contributed by atoms with Crippen molar-refractivity contribution in [3.63, 3.8) is 0 Å². The maximum atomic E-state index is 13.1. The molecule has 9 heteroatoms. The number of hydrogen-bond acceptors (Lipinski definition) is 4. The first-order chi connectivity index (χ1) is 14.3. The molecular weight excluding hydrogens is 425 g/mol. The molecule has 160 valence electrons. The lowest BCUT2D eigenvalue weighted by molar-refractivity contribution is 0.270. The number of likely N-dealkylation sites (N-methyl/N-ethyl adjacent to an activating group) is 1. The Kier molecular flexibility index (Phi) is 5.70. The Labute approximate surface area is 184 Å². The zero-order chi connectivity index (χ0) is 21.6. The molecule has 1 saturated heterocycles. The van der Waals surface area contributed by atoms with Crippen molar-refractivity contribution >= 4 is 40.1 Å². The highest BCUT2D eigenvalue weighted by Crippen LogP contribution is 2.30. The standard InChI is InChI=1S/C21H25Cl2N5O2/c1-4-26-8-10-27(11-9-26)18-12-17-19(20(29)25(3)21(30)24(17)2)28(18)13-14-15(22)6-5-7-16(14)23/h5-7,12H,4,8-11,13H2,1-3H3. The monoisotopic (exact) mass is 449 g/mol. The van der Waals surface area contributed by atoms with Crippen LogP contribution in [0.1, 0.15) is 12.5 Å². The van der Waals surface area contributed by atoms with Crippen LogP contribution >= 0.6 is 23.2 Å². The molecule has 3 aromatic rings. The molecule has 0 saturated carbocycles. The maximum Gasteiger partial charge on any atom is 0.331 e. The van der Waals surface area contributed by atoms with Gasteiger partial charge in [-0.05, 0) is 18.7 Å². The van der Waals surface area contributed by atoms with Crippen LogP contribution in [0.3, 0.4) is 0 Å². The molecular formula is C21H25Cl2N5O2. The van der Waals surface area contributed by atoms with E-state index >= 15 is 0 Å². The van der Waals surface area contributed by atoms with E-state index in [1.54, 1.807) is 25.2 Å². The lowest BCUT2D eigenvalue weighted by Gasteiger charge is -2.35. The Bertz CT molecular complexity index is 1200. The van der Waals surface area contributed by atoms with E-state index < -0.39 is 0 Å². The molecule has 1 aliphatic heterocycles. The molecule has 1 fully saturated rings. The minimum atomic E-state index is -0.345. The van der Waals surface area contributed by atoms with E-state index in [-0.39, 0.29) is 11.2 Å². The maximum absolute atomic E-state index is 13.1. The predicted octanol–water partition coefficient (Wildman–Crippen LogP) is 2.54. The van der Waals surface area contributed by atoms with Gasteiger partial charge in [-0.1, -0.05) is 36.2 Å². The van der Waals surface area contributed by atoms with Gasteiger partial charge in [-0.15, -0.1) is 0 Å². The van der Waals surface area contributed by atoms with Crippen molar-refractivity contribution in [1.82, 2.24) is 18.6 Å². The van der Waals surface area contributed by atoms with E-state index in [4.69, 9.17) is 23.2 Å². The number of aromatic nitrogens is 3. The average molecular weight is 450 g/mol. The highest BCUT2D eigenvalue weighted by atomic mass is 35.5. The molecule has 0 atom stereocenters. The summed E-state index contributed by atoms with van der Waals surface area (Å²) in [5.41, 5.74) is 1.17. The second-order valence-corrected chi connectivity index (χ2v) is 8.46. The van der Waals surface area contributed by atoms with Crippen LogP contribution in [-0.4, -0.2) is 51.3 Å². The summed E-state index contributed by atoms with van der Waals surface area (Å²) in [6.07, 6.45) is 0. The Hall–Kier alpha value is -2.22. The molecule has 0 N–H and O–H groups in total. The van der Waals surface area contributed by atoms with Crippen LogP contribution in [0.5, 0.6) is 0 Å². The predicted molar refractivity (Wildman–Crippen MR) is 122 cm³/mol. The summed E-state index contributed by atoms with van der Waals surface area (Å²) in [4.78, 5) is 30.3. The van der Waals surface area contributed by atoms with E-state index in [0.717, 1.165) is 48.7 Å². The minimum Gasteiger partial charge on any atom is -0.355 e. The summed E-state index contributed by atoms with van der Waals surface area (Å²) >= 11 is 12.9. The molecule has 30 heavy (non-hydrogen) atoms. The molecule has 4 rings (SSSR count). The lowest BCUT2D eigenvalue weighted by Crippen LogP contribution is -2.46. The van der Waals surface area contributed by atoms with Crippen LogP contribution in [0.15, 0.2) is 33.9 Å². The fourth-order valence-corrected chi connectivity index (χ4v) is 4.65. The second kappa shape index (κ2) is 8.13. The normalized spacial score (nSPS) is 15.3. The first-order valence-electron chi connectivity index (χ1n) is 10.0. The third-order valence-corrected chi connectivity index (χ3v) is 6.73. The van der Waals surface area contributed by atoms with Gasteiger partial charge < -0.3 is 14.4 Å². The smallest absolute Gasteiger partial charge is 0.331 e. The van der Waals surface area contributed by atoms with Crippen LogP contribution in [0.25, 0.3) is 11.0 Å². The molecule has 3 heterocycles. The molecule has 1 aromatic carbocycles. The quantitative estimate of drug-likeness (QED) is 0.613. The molecule has 1 aliphatic rings. The Morgan fingerprint density at radius 1 is 0.967 bits per heavy atom. The SMILES string of the molecule is CCN1CCN(c2cc3c(c(=O)n(C)c(=O)n3C)n2Cc2c(Cl)cccc2Cl)CC1. The van der Waals surface area contributed by atoms with Crippen molar-refractivity contribution < 1.29 is 0 Å². The first kappa shape index (κ1) is 21.0. The van der Waals surface area contributed by atoms with Gasteiger partial charge >= 0.3 is 5.69 Å². The largest absolute Gasteiger partial charge is 0.355 e. The van der Waals surface area contributed by atoms with Crippen LogP contribution in [0.4, 0.5) is 5.82 Å². The summed E-state index contributed by atoms with van der Waals surface area (Å²) in [6, 6.07) is 7.32. The van der Waals surface area contributed by atoms with Crippen LogP contribution in [-0.2, 0) is 20.6 Å². The van der Waals surface area contributed by atoms with Crippen molar-refractivity contribution in [2.45, 2.75) is 13.5 Å². The van der Waals surface area contributed by atoms with E-state index in [0.29, 0.717) is 27.6 Å². The van der Waals surface area contributed by atoms with E-state index in [2.05, 4.69) is 16.7 Å². The van der Waals surface area contributed by atoms with Gasteiger partial charge in [0.15, 0.2) is 0 Å². The van der Waals surface area contributed by atoms with Gasteiger partial charge in [0.05, 0.1) is 12.1 Å². The van der Waals surface area contributed by atoms with Crippen LogP contribution < -0.4 is 16.1 Å². The molecule has 0 unspecified atom stereocenters. The topological polar surface area (TPSA) is 55.4 Å². The van der Waals surface area contributed by atoms with Gasteiger partial charge in [0.25, 0.3) is 5.56 Å². The van der Waals surface area contributed by atoms with Gasteiger partial charge in [0.1, 0.15) is 11.3 Å². The van der Waals surface area contributed by atoms with Gasteiger partial charge in [0, 0.05) is 61.9 Å². The highest BCUT2D eigenvalue weighted by Gasteiger charge is 2.24. The number of rotatable bonds is 4. The summed E-state index contributed by atoms with van der Waals surface area (Å²) in [5.74, 6) is 0.898. The third kappa shape index (κ3) is 3.45. The number of piperazine rings is 1. The molecule has 0 radical (unpaired) electrons. The van der Waals surface area contributed by atoms with Crippen molar-refractivity contribution in [3.8, 4) is 0 Å². The zero-order valence-corrected chi connectivity index (χ0v) is 18.9. The molecule has 0 aliphatic carbocycles. The lowest BCUT2D eigenvalue weighted by atomic mass is 10.2. The third-order valence-electron chi connectivity index (χ3n) is 6.02. The van der Waals surface area contributed by atoms with Crippen LogP contribution in [0.2, 0.25) is 10.0 Å². The van der Waals surface area contributed by atoms with Crippen molar-refractivity contribution in [2.75, 3.05) is 37.6 Å². The second-order valence-electron chi connectivity index (χ2n) is 7.65. The number of halogens is 2. The van der Waals surface area contributed by atoms with Crippen molar-refractivity contribution in [3.05, 3.63) is 60.7 Å². The fraction of sp³-hybridized carbons (Fsp3) is 0.429. The molecule has 2 aromatic heterocycles. The van der Waals surface area contributed by atoms with Gasteiger partial charge in [-0.2, -0.15) is 0 Å². The Balaban J connectivity index is 1.93. The molecule has 0 amide bonds. The van der Waals surface area contributed by atoms with Gasteiger partial charge in [-0.25, -0.2) is 4.79 Å². The first-order valence-corrected chi connectivity index (χ1v) is 10.8. The molecule has 0 spiro atoms. The molecule has 0 bridgehead atoms. The summed E-state index contributed by atoms with van der Waals surface area (Å²) in [6.45, 7) is 7.10.